The van der Waals surface area contributed by atoms with E-state index in [0.717, 1.165) is 0 Å². The Kier molecular flexibility index (Phi) is 1.45. The summed E-state index contributed by atoms with van der Waals surface area (Å²) in [6, 6.07) is 4.67. The molecule has 2 aromatic rings. The minimum absolute atomic E-state index is 0.167. The molecule has 2 aromatic heterocycles. The second-order valence-electron chi connectivity index (χ2n) is 2.62. The summed E-state index contributed by atoms with van der Waals surface area (Å²) in [5.41, 5.74) is 5.53. The van der Waals surface area contributed by atoms with Gasteiger partial charge in [0.15, 0.2) is 0 Å². The van der Waals surface area contributed by atoms with E-state index in [2.05, 4.69) is 4.98 Å². The van der Waals surface area contributed by atoms with Gasteiger partial charge in [0.1, 0.15) is 11.3 Å². The zero-order valence-electron chi connectivity index (χ0n) is 6.65. The van der Waals surface area contributed by atoms with Crippen LogP contribution in [0, 0.1) is 0 Å². The van der Waals surface area contributed by atoms with E-state index in [4.69, 9.17) is 5.73 Å². The molecule has 0 atom stereocenters. The molecule has 0 spiro atoms. The first-order chi connectivity index (χ1) is 6.20. The molecule has 1 amide bonds. The number of hydrogen-bond donors (Lipinski definition) is 2. The van der Waals surface area contributed by atoms with Gasteiger partial charge >= 0.3 is 0 Å². The van der Waals surface area contributed by atoms with Crippen LogP contribution >= 0.6 is 0 Å². The second-order valence-corrected chi connectivity index (χ2v) is 2.62. The average Bonchev–Trinajstić information content (AvgIpc) is 2.49. The second kappa shape index (κ2) is 2.48. The number of primary amides is 1. The predicted octanol–water partition coefficient (Wildman–Crippen LogP) is -0.274. The number of nitrogens with two attached hydrogens (primary N) is 1. The quantitative estimate of drug-likeness (QED) is 0.628. The molecule has 0 saturated heterocycles. The van der Waals surface area contributed by atoms with Gasteiger partial charge in [-0.3, -0.25) is 14.0 Å². The van der Waals surface area contributed by atoms with Crippen LogP contribution in [0.5, 0.6) is 0 Å². The molecule has 0 aliphatic heterocycles. The molecular weight excluding hydrogens is 170 g/mol. The maximum absolute atomic E-state index is 11.3. The van der Waals surface area contributed by atoms with Gasteiger partial charge in [0.25, 0.3) is 11.5 Å². The van der Waals surface area contributed by atoms with Crippen LogP contribution in [0.4, 0.5) is 0 Å². The third-order valence-corrected chi connectivity index (χ3v) is 1.80. The Labute approximate surface area is 72.8 Å². The molecule has 0 aliphatic carbocycles. The van der Waals surface area contributed by atoms with Gasteiger partial charge < -0.3 is 10.7 Å². The number of rotatable bonds is 1. The van der Waals surface area contributed by atoms with E-state index < -0.39 is 5.91 Å². The topological polar surface area (TPSA) is 80.4 Å². The zero-order chi connectivity index (χ0) is 9.42. The SMILES string of the molecule is NC(=O)c1c[nH]c2cccc(=O)n12. The third-order valence-electron chi connectivity index (χ3n) is 1.80. The Morgan fingerprint density at radius 2 is 2.23 bits per heavy atom. The Morgan fingerprint density at radius 3 is 2.92 bits per heavy atom. The number of aromatic amines is 1. The summed E-state index contributed by atoms with van der Waals surface area (Å²) < 4.78 is 1.24. The van der Waals surface area contributed by atoms with Gasteiger partial charge in [0.05, 0.1) is 0 Å². The summed E-state index contributed by atoms with van der Waals surface area (Å²) in [6.07, 6.45) is 1.42. The van der Waals surface area contributed by atoms with Crippen molar-refractivity contribution in [1.29, 1.82) is 0 Å². The Morgan fingerprint density at radius 1 is 1.46 bits per heavy atom. The summed E-state index contributed by atoms with van der Waals surface area (Å²) in [7, 11) is 0. The largest absolute Gasteiger partial charge is 0.364 e. The number of imidazole rings is 1. The van der Waals surface area contributed by atoms with Gasteiger partial charge in [-0.2, -0.15) is 0 Å². The maximum atomic E-state index is 11.3. The number of pyridine rings is 1. The number of amides is 1. The van der Waals surface area contributed by atoms with E-state index in [-0.39, 0.29) is 11.3 Å². The van der Waals surface area contributed by atoms with Crippen LogP contribution in [0.3, 0.4) is 0 Å². The molecule has 2 rings (SSSR count). The predicted molar refractivity (Wildman–Crippen MR) is 46.5 cm³/mol. The van der Waals surface area contributed by atoms with Crippen LogP contribution in [0.25, 0.3) is 5.65 Å². The van der Waals surface area contributed by atoms with Gasteiger partial charge in [-0.1, -0.05) is 6.07 Å². The van der Waals surface area contributed by atoms with Gasteiger partial charge in [-0.15, -0.1) is 0 Å². The highest BCUT2D eigenvalue weighted by Crippen LogP contribution is 2.01. The van der Waals surface area contributed by atoms with Crippen molar-refractivity contribution in [2.45, 2.75) is 0 Å². The first-order valence-corrected chi connectivity index (χ1v) is 3.69. The van der Waals surface area contributed by atoms with Crippen molar-refractivity contribution in [3.63, 3.8) is 0 Å². The fraction of sp³-hybridized carbons (Fsp3) is 0. The molecule has 0 unspecified atom stereocenters. The number of H-pyrrole nitrogens is 1. The lowest BCUT2D eigenvalue weighted by Crippen LogP contribution is -2.20. The molecule has 0 saturated carbocycles. The molecule has 66 valence electrons. The normalized spacial score (nSPS) is 10.5. The summed E-state index contributed by atoms with van der Waals surface area (Å²) in [6.45, 7) is 0. The number of fused-ring (bicyclic) bond motifs is 1. The number of aromatic nitrogens is 2. The minimum atomic E-state index is -0.625. The van der Waals surface area contributed by atoms with Crippen LogP contribution in [-0.2, 0) is 0 Å². The Balaban J connectivity index is 2.95. The van der Waals surface area contributed by atoms with Crippen molar-refractivity contribution in [3.8, 4) is 0 Å². The van der Waals surface area contributed by atoms with Crippen LogP contribution in [0.15, 0.2) is 29.2 Å². The van der Waals surface area contributed by atoms with E-state index in [1.807, 2.05) is 0 Å². The van der Waals surface area contributed by atoms with Crippen molar-refractivity contribution >= 4 is 11.6 Å². The Bertz CT molecular complexity index is 523. The molecule has 0 radical (unpaired) electrons. The van der Waals surface area contributed by atoms with Crippen molar-refractivity contribution in [2.75, 3.05) is 0 Å². The van der Waals surface area contributed by atoms with Gasteiger partial charge in [-0.05, 0) is 6.07 Å². The number of carbonyl (C=O) groups is 1. The highest BCUT2D eigenvalue weighted by atomic mass is 16.1. The fourth-order valence-electron chi connectivity index (χ4n) is 1.24. The first-order valence-electron chi connectivity index (χ1n) is 3.69. The van der Waals surface area contributed by atoms with Gasteiger partial charge in [0, 0.05) is 12.3 Å². The lowest BCUT2D eigenvalue weighted by Gasteiger charge is -1.93. The van der Waals surface area contributed by atoms with Crippen molar-refractivity contribution in [2.24, 2.45) is 5.73 Å². The molecule has 3 N–H and O–H groups in total. The number of nitrogens with one attached hydrogen (secondary N) is 1. The van der Waals surface area contributed by atoms with E-state index in [1.165, 1.54) is 16.7 Å². The third kappa shape index (κ3) is 1.01. The van der Waals surface area contributed by atoms with Gasteiger partial charge in [0.2, 0.25) is 0 Å². The monoisotopic (exact) mass is 177 g/mol. The molecule has 0 fully saturated rings. The van der Waals surface area contributed by atoms with Gasteiger partial charge in [-0.25, -0.2) is 0 Å². The summed E-state index contributed by atoms with van der Waals surface area (Å²) in [5.74, 6) is -0.625. The van der Waals surface area contributed by atoms with E-state index >= 15 is 0 Å². The van der Waals surface area contributed by atoms with Crippen molar-refractivity contribution in [1.82, 2.24) is 9.38 Å². The summed E-state index contributed by atoms with van der Waals surface area (Å²) >= 11 is 0. The highest BCUT2D eigenvalue weighted by Gasteiger charge is 2.08. The number of nitrogens with zero attached hydrogens (tertiary/aromatic N) is 1. The number of carbonyl (C=O) groups excluding carboxylic acids is 1. The van der Waals surface area contributed by atoms with E-state index in [9.17, 15) is 9.59 Å². The highest BCUT2D eigenvalue weighted by molar-refractivity contribution is 5.91. The van der Waals surface area contributed by atoms with Crippen LogP contribution in [0.2, 0.25) is 0 Å². The lowest BCUT2D eigenvalue weighted by molar-refractivity contribution is 0.0994. The standard InChI is InChI=1S/C8H7N3O2/c9-8(13)5-4-10-6-2-1-3-7(12)11(5)6/h1-4,10H,(H2,9,13). The molecule has 0 aliphatic rings. The fourth-order valence-corrected chi connectivity index (χ4v) is 1.24. The minimum Gasteiger partial charge on any atom is -0.364 e. The van der Waals surface area contributed by atoms with Crippen LogP contribution < -0.4 is 11.3 Å². The summed E-state index contributed by atoms with van der Waals surface area (Å²) in [4.78, 5) is 24.9. The van der Waals surface area contributed by atoms with Crippen molar-refractivity contribution < 1.29 is 4.79 Å². The molecule has 0 bridgehead atoms. The average molecular weight is 177 g/mol. The van der Waals surface area contributed by atoms with Crippen molar-refractivity contribution in [3.05, 3.63) is 40.4 Å². The molecule has 2 heterocycles. The number of hydrogen-bond acceptors (Lipinski definition) is 2. The maximum Gasteiger partial charge on any atom is 0.267 e. The molecule has 5 nitrogen and oxygen atoms in total. The molecular formula is C8H7N3O2. The summed E-state index contributed by atoms with van der Waals surface area (Å²) in [5, 5.41) is 0. The lowest BCUT2D eigenvalue weighted by atomic mass is 10.4. The zero-order valence-corrected chi connectivity index (χ0v) is 6.65. The molecule has 13 heavy (non-hydrogen) atoms. The smallest absolute Gasteiger partial charge is 0.267 e. The van der Waals surface area contributed by atoms with Crippen LogP contribution in [0.1, 0.15) is 10.5 Å². The molecule has 5 heteroatoms. The molecule has 0 aromatic carbocycles. The van der Waals surface area contributed by atoms with E-state index in [0.29, 0.717) is 5.65 Å². The Hall–Kier alpha value is -2.04. The van der Waals surface area contributed by atoms with Crippen LogP contribution in [-0.4, -0.2) is 15.3 Å². The van der Waals surface area contributed by atoms with E-state index in [1.54, 1.807) is 12.1 Å². The first kappa shape index (κ1) is 7.60.